The lowest BCUT2D eigenvalue weighted by atomic mass is 10.1. The van der Waals surface area contributed by atoms with Crippen LogP contribution in [0, 0.1) is 6.92 Å². The first-order chi connectivity index (χ1) is 16.9. The number of alkyl halides is 4. The molecular weight excluding hydrogens is 628 g/mol. The van der Waals surface area contributed by atoms with Gasteiger partial charge in [0, 0.05) is 20.4 Å². The van der Waals surface area contributed by atoms with Crippen LogP contribution in [-0.4, -0.2) is 33.9 Å². The topological polar surface area (TPSA) is 70.5 Å². The molecule has 0 spiro atoms. The molecule has 36 heavy (non-hydrogen) atoms. The first kappa shape index (κ1) is 28.5. The van der Waals surface area contributed by atoms with E-state index in [0.717, 1.165) is 15.5 Å². The molecule has 2 aromatic carbocycles. The van der Waals surface area contributed by atoms with Gasteiger partial charge in [-0.15, -0.1) is 24.9 Å². The highest BCUT2D eigenvalue weighted by Crippen LogP contribution is 2.33. The number of rotatable bonds is 10. The fourth-order valence-electron chi connectivity index (χ4n) is 3.07. The zero-order chi connectivity index (χ0) is 26.5. The van der Waals surface area contributed by atoms with E-state index in [9.17, 15) is 18.0 Å². The second-order valence-electron chi connectivity index (χ2n) is 8.06. The Hall–Kier alpha value is -2.06. The number of halogens is 4. The van der Waals surface area contributed by atoms with Crippen molar-refractivity contribution < 1.29 is 32.2 Å². The number of carbonyl (C=O) groups is 1. The minimum Gasteiger partial charge on any atom is -0.476 e. The van der Waals surface area contributed by atoms with Gasteiger partial charge in [0.25, 0.3) is 0 Å². The van der Waals surface area contributed by atoms with E-state index in [-0.39, 0.29) is 12.4 Å². The van der Waals surface area contributed by atoms with Crippen LogP contribution in [0.3, 0.4) is 0 Å². The first-order valence-corrected chi connectivity index (χ1v) is 14.1. The molecule has 1 heterocycles. The number of nitrogens with zero attached hydrogens (tertiary/aromatic N) is 2. The van der Waals surface area contributed by atoms with E-state index in [2.05, 4.69) is 14.1 Å². The van der Waals surface area contributed by atoms with Crippen molar-refractivity contribution in [3.8, 4) is 22.9 Å². The number of carbonyl (C=O) groups excluding carboxylic acids is 1. The van der Waals surface area contributed by atoms with E-state index in [1.54, 1.807) is 38.6 Å². The monoisotopic (exact) mass is 652 g/mol. The van der Waals surface area contributed by atoms with Crippen LogP contribution < -0.4 is 9.47 Å². The summed E-state index contributed by atoms with van der Waals surface area (Å²) in [5.74, 6) is 0.976. The molecule has 12 heteroatoms. The van der Waals surface area contributed by atoms with E-state index >= 15 is 0 Å². The molecule has 0 aliphatic carbocycles. The van der Waals surface area contributed by atoms with Gasteiger partial charge in [-0.25, -0.2) is 9.78 Å². The van der Waals surface area contributed by atoms with Gasteiger partial charge in [0.1, 0.15) is 16.5 Å². The van der Waals surface area contributed by atoms with E-state index < -0.39 is 17.9 Å². The Labute approximate surface area is 229 Å². The SMILES string of the molecule is CCOC(=O)C(C)(C)Oc1ccc(SCc2nc(-c3ccc(OC(F)(F)F)c(CI)c3)ns2)cc1C. The van der Waals surface area contributed by atoms with Crippen LogP contribution in [0.4, 0.5) is 13.2 Å². The fraction of sp³-hybridized carbons (Fsp3) is 0.375. The van der Waals surface area contributed by atoms with E-state index in [1.807, 2.05) is 47.7 Å². The van der Waals surface area contributed by atoms with Crippen molar-refractivity contribution in [1.29, 1.82) is 0 Å². The lowest BCUT2D eigenvalue weighted by Gasteiger charge is -2.25. The lowest BCUT2D eigenvalue weighted by Crippen LogP contribution is -2.39. The van der Waals surface area contributed by atoms with Crippen molar-refractivity contribution in [1.82, 2.24) is 9.36 Å². The zero-order valence-corrected chi connectivity index (χ0v) is 23.7. The van der Waals surface area contributed by atoms with Gasteiger partial charge >= 0.3 is 12.3 Å². The summed E-state index contributed by atoms with van der Waals surface area (Å²) < 4.78 is 57.6. The van der Waals surface area contributed by atoms with Gasteiger partial charge in [-0.1, -0.05) is 22.6 Å². The number of aryl methyl sites for hydroxylation is 1. The molecule has 3 aromatic rings. The average molecular weight is 652 g/mol. The number of thioether (sulfide) groups is 1. The second-order valence-corrected chi connectivity index (χ2v) is 10.7. The highest BCUT2D eigenvalue weighted by Gasteiger charge is 2.33. The van der Waals surface area contributed by atoms with Gasteiger partial charge in [-0.2, -0.15) is 4.37 Å². The molecule has 0 bridgehead atoms. The fourth-order valence-corrected chi connectivity index (χ4v) is 5.30. The maximum atomic E-state index is 12.6. The molecule has 0 aliphatic heterocycles. The van der Waals surface area contributed by atoms with Crippen LogP contribution in [0.1, 0.15) is 36.9 Å². The summed E-state index contributed by atoms with van der Waals surface area (Å²) in [6.07, 6.45) is -4.74. The van der Waals surface area contributed by atoms with Gasteiger partial charge in [-0.3, -0.25) is 0 Å². The van der Waals surface area contributed by atoms with Crippen molar-refractivity contribution in [2.45, 2.75) is 54.7 Å². The molecule has 194 valence electrons. The third-order valence-electron chi connectivity index (χ3n) is 4.80. The maximum Gasteiger partial charge on any atom is 0.573 e. The predicted octanol–water partition coefficient (Wildman–Crippen LogP) is 7.36. The number of benzene rings is 2. The number of hydrogen-bond acceptors (Lipinski definition) is 8. The number of esters is 1. The predicted molar refractivity (Wildman–Crippen MR) is 142 cm³/mol. The highest BCUT2D eigenvalue weighted by molar-refractivity contribution is 14.1. The molecule has 0 saturated heterocycles. The molecule has 0 aliphatic rings. The van der Waals surface area contributed by atoms with Crippen molar-refractivity contribution >= 4 is 51.9 Å². The van der Waals surface area contributed by atoms with E-state index in [0.29, 0.717) is 32.9 Å². The zero-order valence-electron chi connectivity index (χ0n) is 19.9. The summed E-state index contributed by atoms with van der Waals surface area (Å²) in [5, 5.41) is 0.781. The third kappa shape index (κ3) is 7.72. The third-order valence-corrected chi connectivity index (χ3v) is 7.52. The van der Waals surface area contributed by atoms with Crippen molar-refractivity contribution in [2.24, 2.45) is 0 Å². The molecule has 0 N–H and O–H groups in total. The summed E-state index contributed by atoms with van der Waals surface area (Å²) in [6.45, 7) is 7.27. The quantitative estimate of drug-likeness (QED) is 0.0982. The standard InChI is InChI=1S/C24H24F3IN2O4S2/c1-5-32-22(31)23(3,4)33-18-9-7-17(10-14(18)2)35-13-20-29-21(30-36-20)15-6-8-19(16(11-15)12-28)34-24(25,26)27/h6-11H,5,12-13H2,1-4H3. The molecule has 0 fully saturated rings. The first-order valence-electron chi connectivity index (χ1n) is 10.8. The smallest absolute Gasteiger partial charge is 0.476 e. The normalized spacial score (nSPS) is 11.9. The molecule has 0 amide bonds. The maximum absolute atomic E-state index is 12.6. The largest absolute Gasteiger partial charge is 0.573 e. The summed E-state index contributed by atoms with van der Waals surface area (Å²) in [7, 11) is 0. The summed E-state index contributed by atoms with van der Waals surface area (Å²) in [6, 6.07) is 10.1. The van der Waals surface area contributed by atoms with Gasteiger partial charge < -0.3 is 14.2 Å². The van der Waals surface area contributed by atoms with Crippen molar-refractivity contribution in [3.63, 3.8) is 0 Å². The Bertz CT molecular complexity index is 1220. The Morgan fingerprint density at radius 3 is 2.47 bits per heavy atom. The van der Waals surface area contributed by atoms with Crippen LogP contribution in [0.2, 0.25) is 0 Å². The van der Waals surface area contributed by atoms with Crippen LogP contribution >= 0.6 is 45.9 Å². The number of hydrogen-bond donors (Lipinski definition) is 0. The minimum atomic E-state index is -4.74. The molecule has 6 nitrogen and oxygen atoms in total. The van der Waals surface area contributed by atoms with Crippen molar-refractivity contribution in [2.75, 3.05) is 6.61 Å². The summed E-state index contributed by atoms with van der Waals surface area (Å²) in [4.78, 5) is 17.6. The van der Waals surface area contributed by atoms with Crippen LogP contribution in [0.15, 0.2) is 41.3 Å². The van der Waals surface area contributed by atoms with E-state index in [1.165, 1.54) is 23.7 Å². The van der Waals surface area contributed by atoms with Gasteiger partial charge in [-0.05, 0) is 81.2 Å². The number of aromatic nitrogens is 2. The highest BCUT2D eigenvalue weighted by atomic mass is 127. The molecule has 0 radical (unpaired) electrons. The van der Waals surface area contributed by atoms with Crippen molar-refractivity contribution in [3.05, 3.63) is 52.5 Å². The number of ether oxygens (including phenoxy) is 3. The van der Waals surface area contributed by atoms with Gasteiger partial charge in [0.05, 0.1) is 12.4 Å². The van der Waals surface area contributed by atoms with Gasteiger partial charge in [0.2, 0.25) is 0 Å². The Morgan fingerprint density at radius 1 is 1.11 bits per heavy atom. The molecule has 0 atom stereocenters. The molecule has 0 saturated carbocycles. The Kier molecular flexibility index (Phi) is 9.50. The van der Waals surface area contributed by atoms with Crippen LogP contribution in [0.5, 0.6) is 11.5 Å². The molecule has 0 unspecified atom stereocenters. The van der Waals surface area contributed by atoms with Gasteiger partial charge in [0.15, 0.2) is 11.4 Å². The summed E-state index contributed by atoms with van der Waals surface area (Å²) in [5.41, 5.74) is 0.820. The van der Waals surface area contributed by atoms with E-state index in [4.69, 9.17) is 9.47 Å². The minimum absolute atomic E-state index is 0.222. The lowest BCUT2D eigenvalue weighted by molar-refractivity contribution is -0.274. The molecule has 3 rings (SSSR count). The Morgan fingerprint density at radius 2 is 1.83 bits per heavy atom. The Balaban J connectivity index is 1.66. The van der Waals surface area contributed by atoms with Crippen LogP contribution in [0.25, 0.3) is 11.4 Å². The summed E-state index contributed by atoms with van der Waals surface area (Å²) >= 11 is 4.80. The second kappa shape index (κ2) is 12.0. The van der Waals surface area contributed by atoms with Crippen LogP contribution in [-0.2, 0) is 19.7 Å². The molecular formula is C24H24F3IN2O4S2. The molecule has 1 aromatic heterocycles. The average Bonchev–Trinajstić information content (AvgIpc) is 3.28.